The highest BCUT2D eigenvalue weighted by atomic mass is 16.4. The molecule has 1 aromatic heterocycles. The third-order valence-electron chi connectivity index (χ3n) is 4.15. The van der Waals surface area contributed by atoms with E-state index in [1.807, 2.05) is 37.4 Å². The van der Waals surface area contributed by atoms with Crippen LogP contribution in [-0.2, 0) is 0 Å². The van der Waals surface area contributed by atoms with Crippen LogP contribution < -0.4 is 0 Å². The largest absolute Gasteiger partial charge is 0.421 e. The van der Waals surface area contributed by atoms with Gasteiger partial charge in [0.25, 0.3) is 5.91 Å². The van der Waals surface area contributed by atoms with Crippen LogP contribution in [0.5, 0.6) is 0 Å². The molecule has 0 saturated heterocycles. The Hall–Kier alpha value is -2.95. The summed E-state index contributed by atoms with van der Waals surface area (Å²) >= 11 is 0. The number of benzene rings is 2. The van der Waals surface area contributed by atoms with E-state index in [0.717, 1.165) is 5.56 Å². The number of aromatic nitrogens is 2. The van der Waals surface area contributed by atoms with E-state index in [-0.39, 0.29) is 11.8 Å². The molecule has 0 aliphatic carbocycles. The van der Waals surface area contributed by atoms with Crippen LogP contribution in [0.15, 0.2) is 59.0 Å². The Morgan fingerprint density at radius 3 is 2.56 bits per heavy atom. The molecule has 3 aromatic rings. The number of nitrogens with zero attached hydrogens (tertiary/aromatic N) is 3. The average molecular weight is 335 g/mol. The van der Waals surface area contributed by atoms with Gasteiger partial charge in [0.2, 0.25) is 11.8 Å². The monoisotopic (exact) mass is 335 g/mol. The average Bonchev–Trinajstić information content (AvgIpc) is 3.08. The molecule has 0 radical (unpaired) electrons. The molecular weight excluding hydrogens is 314 g/mol. The van der Waals surface area contributed by atoms with Crippen LogP contribution in [-0.4, -0.2) is 34.6 Å². The van der Waals surface area contributed by atoms with E-state index < -0.39 is 0 Å². The van der Waals surface area contributed by atoms with Gasteiger partial charge < -0.3 is 9.32 Å². The number of carbonyl (C=O) groups is 1. The smallest absolute Gasteiger partial charge is 0.253 e. The van der Waals surface area contributed by atoms with Crippen LogP contribution in [0.3, 0.4) is 0 Å². The van der Waals surface area contributed by atoms with Gasteiger partial charge in [-0.3, -0.25) is 4.79 Å². The molecule has 0 aliphatic rings. The highest BCUT2D eigenvalue weighted by Gasteiger charge is 2.17. The summed E-state index contributed by atoms with van der Waals surface area (Å²) in [5, 5.41) is 7.84. The molecule has 128 valence electrons. The zero-order chi connectivity index (χ0) is 17.8. The lowest BCUT2D eigenvalue weighted by Gasteiger charge is -2.22. The summed E-state index contributed by atoms with van der Waals surface area (Å²) in [5.41, 5.74) is 2.57. The van der Waals surface area contributed by atoms with Crippen molar-refractivity contribution in [1.29, 1.82) is 0 Å². The maximum Gasteiger partial charge on any atom is 0.253 e. The number of carbonyl (C=O) groups excluding carboxylic acids is 1. The number of aryl methyl sites for hydroxylation is 1. The minimum Gasteiger partial charge on any atom is -0.421 e. The first-order valence-electron chi connectivity index (χ1n) is 8.25. The normalized spacial score (nSPS) is 12.0. The summed E-state index contributed by atoms with van der Waals surface area (Å²) < 4.78 is 5.44. The Kier molecular flexibility index (Phi) is 4.93. The molecule has 2 aromatic carbocycles. The molecule has 0 aliphatic heterocycles. The van der Waals surface area contributed by atoms with Gasteiger partial charge in [0.15, 0.2) is 0 Å². The molecule has 1 atom stereocenters. The van der Waals surface area contributed by atoms with Crippen molar-refractivity contribution in [2.24, 2.45) is 0 Å². The lowest BCUT2D eigenvalue weighted by Crippen LogP contribution is -2.30. The lowest BCUT2D eigenvalue weighted by atomic mass is 10.0. The third-order valence-corrected chi connectivity index (χ3v) is 4.15. The van der Waals surface area contributed by atoms with Crippen LogP contribution in [0.1, 0.15) is 34.7 Å². The Morgan fingerprint density at radius 1 is 1.12 bits per heavy atom. The van der Waals surface area contributed by atoms with Gasteiger partial charge in [-0.25, -0.2) is 0 Å². The molecule has 0 saturated carbocycles. The highest BCUT2D eigenvalue weighted by molar-refractivity contribution is 5.95. The maximum atomic E-state index is 12.8. The van der Waals surface area contributed by atoms with Gasteiger partial charge in [0, 0.05) is 31.6 Å². The second kappa shape index (κ2) is 7.30. The Bertz CT molecular complexity index is 858. The molecule has 25 heavy (non-hydrogen) atoms. The van der Waals surface area contributed by atoms with Crippen LogP contribution in [0.4, 0.5) is 0 Å². The van der Waals surface area contributed by atoms with Crippen molar-refractivity contribution in [3.63, 3.8) is 0 Å². The molecule has 3 rings (SSSR count). The third kappa shape index (κ3) is 3.94. The summed E-state index contributed by atoms with van der Waals surface area (Å²) in [7, 11) is 1.82. The van der Waals surface area contributed by atoms with E-state index in [0.29, 0.717) is 23.9 Å². The number of hydrogen-bond donors (Lipinski definition) is 0. The van der Waals surface area contributed by atoms with Crippen molar-refractivity contribution in [1.82, 2.24) is 15.1 Å². The minimum atomic E-state index is -0.0270. The second-order valence-corrected chi connectivity index (χ2v) is 6.20. The second-order valence-electron chi connectivity index (χ2n) is 6.20. The van der Waals surface area contributed by atoms with E-state index >= 15 is 0 Å². The first-order valence-corrected chi connectivity index (χ1v) is 8.25. The van der Waals surface area contributed by atoms with Gasteiger partial charge in [-0.1, -0.05) is 43.3 Å². The molecule has 5 heteroatoms. The molecule has 0 bridgehead atoms. The van der Waals surface area contributed by atoms with Gasteiger partial charge >= 0.3 is 0 Å². The Morgan fingerprint density at radius 2 is 1.88 bits per heavy atom. The quantitative estimate of drug-likeness (QED) is 0.709. The Balaban J connectivity index is 1.74. The zero-order valence-corrected chi connectivity index (χ0v) is 14.6. The van der Waals surface area contributed by atoms with E-state index in [9.17, 15) is 4.79 Å². The van der Waals surface area contributed by atoms with Crippen LogP contribution in [0.25, 0.3) is 11.5 Å². The standard InChI is InChI=1S/C20H21N3O2/c1-14(16-8-5-4-6-9-16)13-23(3)20(24)18-11-7-10-17(12-18)19-22-21-15(2)25-19/h4-12,14H,13H2,1-3H3/t14-/m0/s1. The van der Waals surface area contributed by atoms with Crippen molar-refractivity contribution in [3.8, 4) is 11.5 Å². The molecule has 0 unspecified atom stereocenters. The predicted molar refractivity (Wildman–Crippen MR) is 96.3 cm³/mol. The SMILES string of the molecule is Cc1nnc(-c2cccc(C(=O)N(C)C[C@H](C)c3ccccc3)c2)o1. The molecule has 1 amide bonds. The molecule has 1 heterocycles. The first kappa shape index (κ1) is 16.9. The number of amides is 1. The van der Waals surface area contributed by atoms with Crippen molar-refractivity contribution >= 4 is 5.91 Å². The van der Waals surface area contributed by atoms with E-state index in [4.69, 9.17) is 4.42 Å². The van der Waals surface area contributed by atoms with E-state index in [1.54, 1.807) is 24.0 Å². The highest BCUT2D eigenvalue weighted by Crippen LogP contribution is 2.21. The fraction of sp³-hybridized carbons (Fsp3) is 0.250. The lowest BCUT2D eigenvalue weighted by molar-refractivity contribution is 0.0788. The summed E-state index contributed by atoms with van der Waals surface area (Å²) in [6.07, 6.45) is 0. The zero-order valence-electron chi connectivity index (χ0n) is 14.6. The first-order chi connectivity index (χ1) is 12.0. The summed E-state index contributed by atoms with van der Waals surface area (Å²) in [5.74, 6) is 1.16. The summed E-state index contributed by atoms with van der Waals surface area (Å²) in [6.45, 7) is 4.51. The summed E-state index contributed by atoms with van der Waals surface area (Å²) in [4.78, 5) is 14.5. The number of likely N-dealkylation sites (N-methyl/N-ethyl adjacent to an activating group) is 1. The van der Waals surface area contributed by atoms with Crippen molar-refractivity contribution in [2.75, 3.05) is 13.6 Å². The van der Waals surface area contributed by atoms with Crippen LogP contribution in [0, 0.1) is 6.92 Å². The maximum absolute atomic E-state index is 12.8. The van der Waals surface area contributed by atoms with Gasteiger partial charge in [-0.15, -0.1) is 10.2 Å². The molecule has 0 fully saturated rings. The Labute approximate surface area is 147 Å². The van der Waals surface area contributed by atoms with Gasteiger partial charge in [0.1, 0.15) is 0 Å². The predicted octanol–water partition coefficient (Wildman–Crippen LogP) is 3.92. The summed E-state index contributed by atoms with van der Waals surface area (Å²) in [6, 6.07) is 17.5. The number of hydrogen-bond acceptors (Lipinski definition) is 4. The van der Waals surface area contributed by atoms with Crippen LogP contribution in [0.2, 0.25) is 0 Å². The molecule has 0 spiro atoms. The fourth-order valence-electron chi connectivity index (χ4n) is 2.80. The van der Waals surface area contributed by atoms with Gasteiger partial charge in [-0.2, -0.15) is 0 Å². The topological polar surface area (TPSA) is 59.2 Å². The van der Waals surface area contributed by atoms with Crippen LogP contribution >= 0.6 is 0 Å². The van der Waals surface area contributed by atoms with Crippen molar-refractivity contribution < 1.29 is 9.21 Å². The van der Waals surface area contributed by atoms with Gasteiger partial charge in [0.05, 0.1) is 0 Å². The molecular formula is C20H21N3O2. The van der Waals surface area contributed by atoms with E-state index in [1.165, 1.54) is 5.56 Å². The van der Waals surface area contributed by atoms with Crippen molar-refractivity contribution in [2.45, 2.75) is 19.8 Å². The number of rotatable bonds is 5. The van der Waals surface area contributed by atoms with E-state index in [2.05, 4.69) is 29.3 Å². The van der Waals surface area contributed by atoms with Gasteiger partial charge in [-0.05, 0) is 29.7 Å². The van der Waals surface area contributed by atoms with Crippen molar-refractivity contribution in [3.05, 3.63) is 71.6 Å². The molecule has 5 nitrogen and oxygen atoms in total. The fourth-order valence-corrected chi connectivity index (χ4v) is 2.80. The minimum absolute atomic E-state index is 0.0270. The molecule has 0 N–H and O–H groups in total.